The predicted octanol–water partition coefficient (Wildman–Crippen LogP) is 2.18. The van der Waals surface area contributed by atoms with Crippen molar-refractivity contribution in [2.45, 2.75) is 26.0 Å². The van der Waals surface area contributed by atoms with Crippen LogP contribution >= 0.6 is 0 Å². The molecule has 0 aliphatic rings. The molecule has 2 nitrogen and oxygen atoms in total. The Hall–Kier alpha value is -1.16. The molecule has 0 aliphatic heterocycles. The van der Waals surface area contributed by atoms with E-state index in [0.29, 0.717) is 12.0 Å². The van der Waals surface area contributed by atoms with Crippen molar-refractivity contribution >= 4 is 0 Å². The molecule has 1 atom stereocenters. The van der Waals surface area contributed by atoms with Crippen LogP contribution in [0.3, 0.4) is 0 Å². The van der Waals surface area contributed by atoms with Crippen molar-refractivity contribution < 1.29 is 13.5 Å². The molecule has 4 heteroatoms. The number of ether oxygens (including phenoxy) is 1. The third-order valence-electron chi connectivity index (χ3n) is 1.73. The zero-order valence-electron chi connectivity index (χ0n) is 7.91. The average Bonchev–Trinajstić information content (AvgIpc) is 2.06. The van der Waals surface area contributed by atoms with Crippen molar-refractivity contribution in [2.24, 2.45) is 5.73 Å². The van der Waals surface area contributed by atoms with Crippen LogP contribution in [0.4, 0.5) is 8.78 Å². The molecule has 1 aromatic rings. The van der Waals surface area contributed by atoms with Crippen molar-refractivity contribution in [3.8, 4) is 5.75 Å². The number of nitrogens with two attached hydrogens (primary N) is 1. The number of hydrogen-bond acceptors (Lipinski definition) is 2. The van der Waals surface area contributed by atoms with Crippen molar-refractivity contribution in [1.82, 2.24) is 0 Å². The smallest absolute Gasteiger partial charge is 0.387 e. The standard InChI is InChI=1S/C10H13F2NO/c1-7(13)6-8-4-2-3-5-9(8)14-10(11)12/h2-5,7,10H,6,13H2,1H3/t7-/m0/s1. The first-order valence-electron chi connectivity index (χ1n) is 4.38. The minimum absolute atomic E-state index is 0.0718. The third-order valence-corrected chi connectivity index (χ3v) is 1.73. The van der Waals surface area contributed by atoms with E-state index in [1.165, 1.54) is 6.07 Å². The van der Waals surface area contributed by atoms with Gasteiger partial charge in [0.1, 0.15) is 5.75 Å². The highest BCUT2D eigenvalue weighted by Crippen LogP contribution is 2.21. The largest absolute Gasteiger partial charge is 0.435 e. The minimum atomic E-state index is -2.79. The summed E-state index contributed by atoms with van der Waals surface area (Å²) in [4.78, 5) is 0. The van der Waals surface area contributed by atoms with Crippen LogP contribution in [0.1, 0.15) is 12.5 Å². The molecule has 0 saturated carbocycles. The van der Waals surface area contributed by atoms with Crippen LogP contribution in [-0.4, -0.2) is 12.7 Å². The Balaban J connectivity index is 2.80. The van der Waals surface area contributed by atoms with E-state index in [0.717, 1.165) is 0 Å². The van der Waals surface area contributed by atoms with Gasteiger partial charge >= 0.3 is 6.61 Å². The second-order valence-corrected chi connectivity index (χ2v) is 3.17. The molecule has 0 bridgehead atoms. The van der Waals surface area contributed by atoms with Gasteiger partial charge in [0.15, 0.2) is 0 Å². The Labute approximate surface area is 81.7 Å². The van der Waals surface area contributed by atoms with Gasteiger partial charge in [0, 0.05) is 6.04 Å². The number of benzene rings is 1. The highest BCUT2D eigenvalue weighted by atomic mass is 19.3. The van der Waals surface area contributed by atoms with Gasteiger partial charge in [-0.05, 0) is 25.0 Å². The molecule has 78 valence electrons. The highest BCUT2D eigenvalue weighted by molar-refractivity contribution is 5.33. The second-order valence-electron chi connectivity index (χ2n) is 3.17. The van der Waals surface area contributed by atoms with E-state index in [9.17, 15) is 8.78 Å². The number of para-hydroxylation sites is 1. The summed E-state index contributed by atoms with van der Waals surface area (Å²) in [6, 6.07) is 6.61. The molecule has 2 N–H and O–H groups in total. The summed E-state index contributed by atoms with van der Waals surface area (Å²) in [5.41, 5.74) is 6.29. The summed E-state index contributed by atoms with van der Waals surface area (Å²) in [5.74, 6) is 0.208. The molecule has 0 heterocycles. The molecule has 1 rings (SSSR count). The highest BCUT2D eigenvalue weighted by Gasteiger charge is 2.09. The van der Waals surface area contributed by atoms with Gasteiger partial charge in [-0.15, -0.1) is 0 Å². The molecular weight excluding hydrogens is 188 g/mol. The van der Waals surface area contributed by atoms with Crippen LogP contribution in [0.25, 0.3) is 0 Å². The van der Waals surface area contributed by atoms with E-state index in [4.69, 9.17) is 5.73 Å². The fourth-order valence-corrected chi connectivity index (χ4v) is 1.23. The first-order valence-corrected chi connectivity index (χ1v) is 4.38. The topological polar surface area (TPSA) is 35.2 Å². The summed E-state index contributed by atoms with van der Waals surface area (Å²) in [6.45, 7) is -0.969. The fraction of sp³-hybridized carbons (Fsp3) is 0.400. The number of rotatable bonds is 4. The molecule has 0 aliphatic carbocycles. The monoisotopic (exact) mass is 201 g/mol. The maximum Gasteiger partial charge on any atom is 0.387 e. The number of hydrogen-bond donors (Lipinski definition) is 1. The molecule has 0 amide bonds. The molecule has 14 heavy (non-hydrogen) atoms. The Morgan fingerprint density at radius 3 is 2.57 bits per heavy atom. The second kappa shape index (κ2) is 4.91. The first-order chi connectivity index (χ1) is 6.59. The molecule has 0 radical (unpaired) electrons. The number of halogens is 2. The Morgan fingerprint density at radius 1 is 1.36 bits per heavy atom. The molecule has 0 aromatic heterocycles. The minimum Gasteiger partial charge on any atom is -0.435 e. The van der Waals surface area contributed by atoms with E-state index >= 15 is 0 Å². The maximum atomic E-state index is 12.0. The molecule has 0 fully saturated rings. The summed E-state index contributed by atoms with van der Waals surface area (Å²) in [7, 11) is 0. The Morgan fingerprint density at radius 2 is 2.00 bits per heavy atom. The van der Waals surface area contributed by atoms with Crippen molar-refractivity contribution in [3.63, 3.8) is 0 Å². The summed E-state index contributed by atoms with van der Waals surface area (Å²) in [6.07, 6.45) is 0.531. The van der Waals surface area contributed by atoms with Gasteiger partial charge in [-0.25, -0.2) is 0 Å². The Bertz CT molecular complexity index is 260. The third kappa shape index (κ3) is 3.30. The van der Waals surface area contributed by atoms with Gasteiger partial charge in [-0.3, -0.25) is 0 Å². The lowest BCUT2D eigenvalue weighted by molar-refractivity contribution is -0.0504. The van der Waals surface area contributed by atoms with Crippen LogP contribution in [0.5, 0.6) is 5.75 Å². The van der Waals surface area contributed by atoms with Crippen molar-refractivity contribution in [3.05, 3.63) is 29.8 Å². The van der Waals surface area contributed by atoms with Gasteiger partial charge < -0.3 is 10.5 Å². The molecule has 0 unspecified atom stereocenters. The lowest BCUT2D eigenvalue weighted by Gasteiger charge is -2.11. The predicted molar refractivity (Wildman–Crippen MR) is 50.4 cm³/mol. The van der Waals surface area contributed by atoms with E-state index in [2.05, 4.69) is 4.74 Å². The lowest BCUT2D eigenvalue weighted by atomic mass is 10.1. The van der Waals surface area contributed by atoms with E-state index < -0.39 is 6.61 Å². The van der Waals surface area contributed by atoms with Crippen LogP contribution in [0.2, 0.25) is 0 Å². The van der Waals surface area contributed by atoms with Gasteiger partial charge in [0.2, 0.25) is 0 Å². The van der Waals surface area contributed by atoms with Crippen LogP contribution in [0.15, 0.2) is 24.3 Å². The maximum absolute atomic E-state index is 12.0. The first kappa shape index (κ1) is 10.9. The van der Waals surface area contributed by atoms with Gasteiger partial charge in [-0.2, -0.15) is 8.78 Å². The Kier molecular flexibility index (Phi) is 3.83. The zero-order valence-corrected chi connectivity index (χ0v) is 7.91. The van der Waals surface area contributed by atoms with Gasteiger partial charge in [-0.1, -0.05) is 18.2 Å². The lowest BCUT2D eigenvalue weighted by Crippen LogP contribution is -2.18. The summed E-state index contributed by atoms with van der Waals surface area (Å²) in [5, 5.41) is 0. The van der Waals surface area contributed by atoms with E-state index in [-0.39, 0.29) is 11.8 Å². The van der Waals surface area contributed by atoms with Gasteiger partial charge in [0.05, 0.1) is 0 Å². The molecule has 0 saturated heterocycles. The molecular formula is C10H13F2NO. The number of alkyl halides is 2. The SMILES string of the molecule is C[C@H](N)Cc1ccccc1OC(F)F. The molecule has 1 aromatic carbocycles. The molecule has 0 spiro atoms. The quantitative estimate of drug-likeness (QED) is 0.810. The van der Waals surface area contributed by atoms with E-state index in [1.54, 1.807) is 18.2 Å². The van der Waals surface area contributed by atoms with E-state index in [1.807, 2.05) is 6.92 Å². The van der Waals surface area contributed by atoms with Crippen molar-refractivity contribution in [2.75, 3.05) is 0 Å². The van der Waals surface area contributed by atoms with Gasteiger partial charge in [0.25, 0.3) is 0 Å². The fourth-order valence-electron chi connectivity index (χ4n) is 1.23. The van der Waals surface area contributed by atoms with Crippen LogP contribution in [-0.2, 0) is 6.42 Å². The van der Waals surface area contributed by atoms with Crippen LogP contribution in [0, 0.1) is 0 Å². The summed E-state index contributed by atoms with van der Waals surface area (Å²) < 4.78 is 28.3. The van der Waals surface area contributed by atoms with Crippen LogP contribution < -0.4 is 10.5 Å². The summed E-state index contributed by atoms with van der Waals surface area (Å²) >= 11 is 0. The average molecular weight is 201 g/mol. The van der Waals surface area contributed by atoms with Crippen molar-refractivity contribution in [1.29, 1.82) is 0 Å². The zero-order chi connectivity index (χ0) is 10.6. The normalized spacial score (nSPS) is 12.9.